The summed E-state index contributed by atoms with van der Waals surface area (Å²) < 4.78 is 6.16. The lowest BCUT2D eigenvalue weighted by Gasteiger charge is -2.40. The van der Waals surface area contributed by atoms with Crippen LogP contribution in [0.2, 0.25) is 0 Å². The molecule has 2 aromatic carbocycles. The quantitative estimate of drug-likeness (QED) is 0.718. The molecule has 0 aromatic heterocycles. The molecule has 0 saturated carbocycles. The van der Waals surface area contributed by atoms with Crippen LogP contribution >= 0.6 is 0 Å². The lowest BCUT2D eigenvalue weighted by Crippen LogP contribution is -2.44. The number of hydrogen-bond acceptors (Lipinski definition) is 3. The van der Waals surface area contributed by atoms with Gasteiger partial charge in [-0.3, -0.25) is 4.79 Å². The van der Waals surface area contributed by atoms with Crippen LogP contribution in [0, 0.1) is 5.92 Å². The molecule has 0 fully saturated rings. The summed E-state index contributed by atoms with van der Waals surface area (Å²) in [6, 6.07) is 20.1. The van der Waals surface area contributed by atoms with Crippen LogP contribution in [-0.4, -0.2) is 31.5 Å². The summed E-state index contributed by atoms with van der Waals surface area (Å²) in [7, 11) is 4.08. The fourth-order valence-electron chi connectivity index (χ4n) is 3.25. The molecule has 128 valence electrons. The zero-order valence-electron chi connectivity index (χ0n) is 15.0. The average Bonchev–Trinajstić information content (AvgIpc) is 2.60. The van der Waals surface area contributed by atoms with E-state index in [0.717, 1.165) is 17.7 Å². The van der Waals surface area contributed by atoms with Crippen molar-refractivity contribution < 1.29 is 9.53 Å². The second kappa shape index (κ2) is 8.11. The number of ether oxygens (including phenoxy) is 1. The molecule has 0 amide bonds. The Morgan fingerprint density at radius 1 is 1.00 bits per heavy atom. The van der Waals surface area contributed by atoms with E-state index in [2.05, 4.69) is 11.8 Å². The number of carbonyl (C=O) groups excluding carboxylic acids is 1. The Morgan fingerprint density at radius 2 is 1.46 bits per heavy atom. The summed E-state index contributed by atoms with van der Waals surface area (Å²) in [6.45, 7) is 4.78. The van der Waals surface area contributed by atoms with Crippen molar-refractivity contribution in [3.63, 3.8) is 0 Å². The Hall–Kier alpha value is -2.13. The van der Waals surface area contributed by atoms with Gasteiger partial charge < -0.3 is 9.64 Å². The molecule has 3 heteroatoms. The number of carbonyl (C=O) groups is 1. The molecule has 24 heavy (non-hydrogen) atoms. The summed E-state index contributed by atoms with van der Waals surface area (Å²) >= 11 is 0. The second-order valence-electron chi connectivity index (χ2n) is 6.46. The summed E-state index contributed by atoms with van der Waals surface area (Å²) in [5, 5.41) is 0. The van der Waals surface area contributed by atoms with Crippen molar-refractivity contribution in [3.05, 3.63) is 71.8 Å². The number of nitrogens with zero attached hydrogens (tertiary/aromatic N) is 1. The third-order valence-electron chi connectivity index (χ3n) is 4.30. The minimum atomic E-state index is -0.792. The highest BCUT2D eigenvalue weighted by Gasteiger charge is 2.43. The lowest BCUT2D eigenvalue weighted by molar-refractivity contribution is -0.162. The molecule has 1 atom stereocenters. The van der Waals surface area contributed by atoms with Crippen molar-refractivity contribution in [2.24, 2.45) is 5.92 Å². The maximum absolute atomic E-state index is 12.3. The Bertz CT molecular complexity index is 598. The van der Waals surface area contributed by atoms with Crippen molar-refractivity contribution in [3.8, 4) is 0 Å². The molecule has 2 rings (SSSR count). The van der Waals surface area contributed by atoms with Gasteiger partial charge in [-0.1, -0.05) is 74.5 Å². The first-order valence-corrected chi connectivity index (χ1v) is 8.48. The van der Waals surface area contributed by atoms with Crippen LogP contribution in [0.1, 0.15) is 31.4 Å². The van der Waals surface area contributed by atoms with Crippen molar-refractivity contribution in [1.82, 2.24) is 4.90 Å². The smallest absolute Gasteiger partial charge is 0.306 e. The van der Waals surface area contributed by atoms with Gasteiger partial charge in [0.1, 0.15) is 0 Å². The molecule has 0 spiro atoms. The minimum Gasteiger partial charge on any atom is -0.449 e. The maximum atomic E-state index is 12.3. The molecule has 0 aliphatic heterocycles. The molecular weight excluding hydrogens is 298 g/mol. The molecule has 3 nitrogen and oxygen atoms in total. The summed E-state index contributed by atoms with van der Waals surface area (Å²) in [4.78, 5) is 14.5. The van der Waals surface area contributed by atoms with E-state index in [1.807, 2.05) is 81.7 Å². The van der Waals surface area contributed by atoms with Crippen LogP contribution in [0.3, 0.4) is 0 Å². The van der Waals surface area contributed by atoms with Gasteiger partial charge in [-0.2, -0.15) is 0 Å². The van der Waals surface area contributed by atoms with E-state index in [1.54, 1.807) is 0 Å². The van der Waals surface area contributed by atoms with E-state index in [4.69, 9.17) is 4.74 Å². The molecule has 0 aliphatic rings. The van der Waals surface area contributed by atoms with Crippen molar-refractivity contribution >= 4 is 5.97 Å². The van der Waals surface area contributed by atoms with Crippen LogP contribution in [0.5, 0.6) is 0 Å². The zero-order valence-corrected chi connectivity index (χ0v) is 15.0. The Morgan fingerprint density at radius 3 is 1.83 bits per heavy atom. The third kappa shape index (κ3) is 3.85. The first kappa shape index (κ1) is 18.2. The van der Waals surface area contributed by atoms with Crippen LogP contribution in [-0.2, 0) is 15.1 Å². The highest BCUT2D eigenvalue weighted by molar-refractivity contribution is 5.70. The largest absolute Gasteiger partial charge is 0.449 e. The molecule has 2 aromatic rings. The molecule has 1 unspecified atom stereocenters. The van der Waals surface area contributed by atoms with Crippen molar-refractivity contribution in [1.29, 1.82) is 0 Å². The standard InChI is InChI=1S/C21H27NO2/c1-5-20(23)24-21(17(2)16-22(3)4,18-12-8-6-9-13-18)19-14-10-7-11-15-19/h6-15,17H,5,16H2,1-4H3. The van der Waals surface area contributed by atoms with E-state index >= 15 is 0 Å². The van der Waals surface area contributed by atoms with E-state index in [0.29, 0.717) is 6.42 Å². The van der Waals surface area contributed by atoms with Crippen LogP contribution in [0.25, 0.3) is 0 Å². The number of hydrogen-bond donors (Lipinski definition) is 0. The highest BCUT2D eigenvalue weighted by atomic mass is 16.6. The average molecular weight is 325 g/mol. The van der Waals surface area contributed by atoms with Gasteiger partial charge in [0, 0.05) is 30.0 Å². The lowest BCUT2D eigenvalue weighted by atomic mass is 9.76. The second-order valence-corrected chi connectivity index (χ2v) is 6.46. The van der Waals surface area contributed by atoms with Gasteiger partial charge in [-0.25, -0.2) is 0 Å². The normalized spacial score (nSPS) is 12.9. The first-order valence-electron chi connectivity index (χ1n) is 8.48. The van der Waals surface area contributed by atoms with E-state index < -0.39 is 5.60 Å². The van der Waals surface area contributed by atoms with Gasteiger partial charge in [0.15, 0.2) is 5.60 Å². The van der Waals surface area contributed by atoms with Gasteiger partial charge >= 0.3 is 5.97 Å². The van der Waals surface area contributed by atoms with E-state index in [1.165, 1.54) is 0 Å². The van der Waals surface area contributed by atoms with Gasteiger partial charge in [-0.05, 0) is 14.1 Å². The Kier molecular flexibility index (Phi) is 6.16. The van der Waals surface area contributed by atoms with Gasteiger partial charge in [0.2, 0.25) is 0 Å². The molecule has 0 N–H and O–H groups in total. The Balaban J connectivity index is 2.65. The zero-order chi connectivity index (χ0) is 17.6. The van der Waals surface area contributed by atoms with Crippen LogP contribution < -0.4 is 0 Å². The van der Waals surface area contributed by atoms with Crippen molar-refractivity contribution in [2.75, 3.05) is 20.6 Å². The monoisotopic (exact) mass is 325 g/mol. The van der Waals surface area contributed by atoms with Crippen molar-refractivity contribution in [2.45, 2.75) is 25.9 Å². The van der Waals surface area contributed by atoms with Crippen LogP contribution in [0.4, 0.5) is 0 Å². The predicted octanol–water partition coefficient (Wildman–Crippen LogP) is 4.08. The first-order chi connectivity index (χ1) is 11.5. The van der Waals surface area contributed by atoms with Gasteiger partial charge in [0.25, 0.3) is 0 Å². The summed E-state index contributed by atoms with van der Waals surface area (Å²) in [6.07, 6.45) is 0.357. The number of esters is 1. The van der Waals surface area contributed by atoms with E-state index in [-0.39, 0.29) is 11.9 Å². The Labute approximate surface area is 145 Å². The molecule has 0 saturated heterocycles. The van der Waals surface area contributed by atoms with Gasteiger partial charge in [-0.15, -0.1) is 0 Å². The molecule has 0 radical (unpaired) electrons. The SMILES string of the molecule is CCC(=O)OC(c1ccccc1)(c1ccccc1)C(C)CN(C)C. The fraction of sp³-hybridized carbons (Fsp3) is 0.381. The third-order valence-corrected chi connectivity index (χ3v) is 4.30. The fourth-order valence-corrected chi connectivity index (χ4v) is 3.25. The molecule has 0 heterocycles. The maximum Gasteiger partial charge on any atom is 0.306 e. The topological polar surface area (TPSA) is 29.5 Å². The van der Waals surface area contributed by atoms with Gasteiger partial charge in [0.05, 0.1) is 0 Å². The molecular formula is C21H27NO2. The minimum absolute atomic E-state index is 0.0906. The summed E-state index contributed by atoms with van der Waals surface area (Å²) in [5.74, 6) is -0.0962. The number of benzene rings is 2. The molecule has 0 aliphatic carbocycles. The predicted molar refractivity (Wildman–Crippen MR) is 97.8 cm³/mol. The van der Waals surface area contributed by atoms with Crippen LogP contribution in [0.15, 0.2) is 60.7 Å². The highest BCUT2D eigenvalue weighted by Crippen LogP contribution is 2.41. The van der Waals surface area contributed by atoms with E-state index in [9.17, 15) is 4.79 Å². The summed E-state index contributed by atoms with van der Waals surface area (Å²) in [5.41, 5.74) is 1.22. The molecule has 0 bridgehead atoms. The number of rotatable bonds is 7.